The number of amides is 2. The number of carbonyl (C=O) groups is 2. The fourth-order valence-corrected chi connectivity index (χ4v) is 6.48. The molecule has 8 heteroatoms. The smallest absolute Gasteiger partial charge is 0.271 e. The van der Waals surface area contributed by atoms with Crippen molar-refractivity contribution in [2.75, 3.05) is 4.90 Å². The normalized spacial score (nSPS) is 27.2. The van der Waals surface area contributed by atoms with Crippen molar-refractivity contribution in [3.05, 3.63) is 104 Å². The Morgan fingerprint density at radius 1 is 0.906 bits per heavy atom. The van der Waals surface area contributed by atoms with Gasteiger partial charge in [0.15, 0.2) is 0 Å². The molecule has 1 heterocycles. The molecule has 32 heavy (non-hydrogen) atoms. The molecule has 2 bridgehead atoms. The highest BCUT2D eigenvalue weighted by atomic mass is 35.5. The van der Waals surface area contributed by atoms with E-state index in [1.165, 1.54) is 18.2 Å². The summed E-state index contributed by atoms with van der Waals surface area (Å²) in [7, 11) is 0. The van der Waals surface area contributed by atoms with Gasteiger partial charge < -0.3 is 0 Å². The molecule has 7 rings (SSSR count). The lowest BCUT2D eigenvalue weighted by Gasteiger charge is -2.50. The largest absolute Gasteiger partial charge is 0.274 e. The highest BCUT2D eigenvalue weighted by molar-refractivity contribution is 6.38. The van der Waals surface area contributed by atoms with E-state index in [1.807, 2.05) is 48.5 Å². The third-order valence-corrected chi connectivity index (χ3v) is 7.86. The Morgan fingerprint density at radius 3 is 2.09 bits per heavy atom. The van der Waals surface area contributed by atoms with Gasteiger partial charge in [0, 0.05) is 18.1 Å². The first-order valence-electron chi connectivity index (χ1n) is 10.0. The highest BCUT2D eigenvalue weighted by Crippen LogP contribution is 2.66. The van der Waals surface area contributed by atoms with Crippen LogP contribution in [0.5, 0.6) is 0 Å². The number of anilines is 1. The van der Waals surface area contributed by atoms with Crippen LogP contribution < -0.4 is 4.90 Å². The molecular formula is C24H14Cl2N2O4. The van der Waals surface area contributed by atoms with E-state index in [9.17, 15) is 19.7 Å². The van der Waals surface area contributed by atoms with E-state index >= 15 is 0 Å². The third kappa shape index (κ3) is 2.21. The molecule has 3 aromatic rings. The first-order valence-corrected chi connectivity index (χ1v) is 10.8. The molecule has 3 aliphatic carbocycles. The van der Waals surface area contributed by atoms with E-state index in [4.69, 9.17) is 23.2 Å². The summed E-state index contributed by atoms with van der Waals surface area (Å²) >= 11 is 13.7. The first kappa shape index (κ1) is 19.5. The molecule has 1 aliphatic heterocycles. The Balaban J connectivity index is 1.60. The third-order valence-electron chi connectivity index (χ3n) is 6.90. The zero-order valence-electron chi connectivity index (χ0n) is 16.4. The van der Waals surface area contributed by atoms with E-state index < -0.39 is 33.4 Å². The number of rotatable bonds is 2. The Morgan fingerprint density at radius 2 is 1.50 bits per heavy atom. The van der Waals surface area contributed by atoms with Gasteiger partial charge in [-0.05, 0) is 28.3 Å². The van der Waals surface area contributed by atoms with Crippen LogP contribution >= 0.6 is 23.2 Å². The fourth-order valence-electron chi connectivity index (χ4n) is 5.70. The monoisotopic (exact) mass is 464 g/mol. The summed E-state index contributed by atoms with van der Waals surface area (Å²) in [6.45, 7) is 0. The standard InChI is InChI=1S/C24H14Cl2N2O4/c25-17-10-9-12(28(31)32)11-18(17)27-22(29)20-19-13-5-1-3-7-15(13)24(26,21(20)23(27)30)16-8-4-2-6-14(16)19/h1-11,19-21H/t19?,20-,21-,24?/m0/s1. The summed E-state index contributed by atoms with van der Waals surface area (Å²) in [5.41, 5.74) is 3.25. The van der Waals surface area contributed by atoms with Crippen molar-refractivity contribution in [3.8, 4) is 0 Å². The number of nitrogens with zero attached hydrogens (tertiary/aromatic N) is 2. The van der Waals surface area contributed by atoms with Crippen LogP contribution in [0.1, 0.15) is 28.2 Å². The molecule has 6 nitrogen and oxygen atoms in total. The number of halogens is 2. The summed E-state index contributed by atoms with van der Waals surface area (Å²) < 4.78 is 0. The number of non-ortho nitro benzene ring substituents is 1. The average molecular weight is 465 g/mol. The van der Waals surface area contributed by atoms with Gasteiger partial charge in [0.25, 0.3) is 5.69 Å². The molecule has 3 aromatic carbocycles. The van der Waals surface area contributed by atoms with Crippen LogP contribution in [0.2, 0.25) is 5.02 Å². The van der Waals surface area contributed by atoms with Crippen molar-refractivity contribution in [3.63, 3.8) is 0 Å². The second kappa shape index (κ2) is 6.40. The van der Waals surface area contributed by atoms with Crippen molar-refractivity contribution >= 4 is 46.4 Å². The van der Waals surface area contributed by atoms with Crippen molar-refractivity contribution in [2.45, 2.75) is 10.8 Å². The topological polar surface area (TPSA) is 80.5 Å². The lowest BCUT2D eigenvalue weighted by Crippen LogP contribution is -2.50. The number of hydrogen-bond acceptors (Lipinski definition) is 4. The summed E-state index contributed by atoms with van der Waals surface area (Å²) in [6.07, 6.45) is 0. The summed E-state index contributed by atoms with van der Waals surface area (Å²) in [5, 5.41) is 11.4. The zero-order valence-corrected chi connectivity index (χ0v) is 17.9. The molecule has 1 fully saturated rings. The SMILES string of the molecule is O=C1[C@@H]2[C@@H](C(=O)N1c1cc([N+](=O)[O-])ccc1Cl)C1c3ccccc3C2(Cl)c2ccccc21. The average Bonchev–Trinajstić information content (AvgIpc) is 3.06. The summed E-state index contributed by atoms with van der Waals surface area (Å²) in [5.74, 6) is -2.85. The van der Waals surface area contributed by atoms with Gasteiger partial charge in [-0.1, -0.05) is 60.1 Å². The maximum absolute atomic E-state index is 13.8. The predicted molar refractivity (Wildman–Crippen MR) is 119 cm³/mol. The maximum Gasteiger partial charge on any atom is 0.271 e. The number of nitro groups is 1. The van der Waals surface area contributed by atoms with E-state index in [0.29, 0.717) is 0 Å². The molecule has 0 spiro atoms. The Hall–Kier alpha value is -3.22. The molecule has 0 aromatic heterocycles. The van der Waals surface area contributed by atoms with Crippen LogP contribution in [0, 0.1) is 22.0 Å². The second-order valence-corrected chi connectivity index (χ2v) is 9.28. The number of carbonyl (C=O) groups excluding carboxylic acids is 2. The summed E-state index contributed by atoms with van der Waals surface area (Å²) in [4.78, 5) is 38.0. The van der Waals surface area contributed by atoms with Gasteiger partial charge in [0.2, 0.25) is 11.8 Å². The molecular weight excluding hydrogens is 451 g/mol. The molecule has 2 atom stereocenters. The Bertz CT molecular complexity index is 1320. The number of imide groups is 1. The van der Waals surface area contributed by atoms with Crippen molar-refractivity contribution < 1.29 is 14.5 Å². The first-order chi connectivity index (χ1) is 15.4. The minimum Gasteiger partial charge on any atom is -0.274 e. The van der Waals surface area contributed by atoms with Crippen LogP contribution in [0.25, 0.3) is 0 Å². The number of nitro benzene ring substituents is 1. The molecule has 1 saturated heterocycles. The van der Waals surface area contributed by atoms with Gasteiger partial charge in [0.1, 0.15) is 4.87 Å². The Labute approximate surface area is 192 Å². The van der Waals surface area contributed by atoms with Crippen LogP contribution in [0.15, 0.2) is 66.7 Å². The number of hydrogen-bond donors (Lipinski definition) is 0. The van der Waals surface area contributed by atoms with E-state index in [2.05, 4.69) is 0 Å². The number of benzene rings is 3. The minimum absolute atomic E-state index is 0.0121. The van der Waals surface area contributed by atoms with Gasteiger partial charge in [-0.25, -0.2) is 4.90 Å². The van der Waals surface area contributed by atoms with Crippen molar-refractivity contribution in [2.24, 2.45) is 11.8 Å². The van der Waals surface area contributed by atoms with Crippen molar-refractivity contribution in [1.82, 2.24) is 0 Å². The lowest BCUT2D eigenvalue weighted by molar-refractivity contribution is -0.384. The second-order valence-electron chi connectivity index (χ2n) is 8.27. The van der Waals surface area contributed by atoms with Gasteiger partial charge in [-0.15, -0.1) is 11.6 Å². The maximum atomic E-state index is 13.8. The van der Waals surface area contributed by atoms with E-state index in [-0.39, 0.29) is 22.3 Å². The van der Waals surface area contributed by atoms with E-state index in [1.54, 1.807) is 0 Å². The van der Waals surface area contributed by atoms with E-state index in [0.717, 1.165) is 27.2 Å². The molecule has 4 aliphatic rings. The predicted octanol–water partition coefficient (Wildman–Crippen LogP) is 5.00. The Kier molecular flexibility index (Phi) is 3.89. The van der Waals surface area contributed by atoms with Crippen LogP contribution in [-0.4, -0.2) is 16.7 Å². The summed E-state index contributed by atoms with van der Waals surface area (Å²) in [6, 6.07) is 19.0. The molecule has 2 amide bonds. The minimum atomic E-state index is -1.22. The van der Waals surface area contributed by atoms with Crippen LogP contribution in [-0.2, 0) is 14.5 Å². The van der Waals surface area contributed by atoms with Gasteiger partial charge in [-0.3, -0.25) is 19.7 Å². The highest BCUT2D eigenvalue weighted by Gasteiger charge is 2.68. The molecule has 158 valence electrons. The quantitative estimate of drug-likeness (QED) is 0.231. The number of alkyl halides is 1. The van der Waals surface area contributed by atoms with Crippen molar-refractivity contribution in [1.29, 1.82) is 0 Å². The van der Waals surface area contributed by atoms with Gasteiger partial charge >= 0.3 is 0 Å². The van der Waals surface area contributed by atoms with Gasteiger partial charge in [-0.2, -0.15) is 0 Å². The van der Waals surface area contributed by atoms with Crippen LogP contribution in [0.3, 0.4) is 0 Å². The molecule has 0 radical (unpaired) electrons. The fraction of sp³-hybridized carbons (Fsp3) is 0.167. The van der Waals surface area contributed by atoms with Crippen LogP contribution in [0.4, 0.5) is 11.4 Å². The zero-order chi connectivity index (χ0) is 22.4. The van der Waals surface area contributed by atoms with Gasteiger partial charge in [0.05, 0.1) is 27.5 Å². The molecule has 0 N–H and O–H groups in total. The lowest BCUT2D eigenvalue weighted by atomic mass is 9.54. The molecule has 0 unspecified atom stereocenters. The molecule has 0 saturated carbocycles.